The zero-order chi connectivity index (χ0) is 12.2. The van der Waals surface area contributed by atoms with Crippen molar-refractivity contribution in [1.29, 1.82) is 0 Å². The largest absolute Gasteiger partial charge is 0.252 e. The summed E-state index contributed by atoms with van der Waals surface area (Å²) in [5, 5.41) is 2.66. The number of fused-ring (bicyclic) bond motifs is 3. The average Bonchev–Trinajstić information content (AvgIpc) is 2.69. The Kier molecular flexibility index (Phi) is 4.58. The first-order chi connectivity index (χ1) is 8.95. The quantitative estimate of drug-likeness (QED) is 0.702. The summed E-state index contributed by atoms with van der Waals surface area (Å²) in [4.78, 5) is 0. The van der Waals surface area contributed by atoms with Crippen LogP contribution in [0.1, 0.15) is 77.0 Å². The summed E-state index contributed by atoms with van der Waals surface area (Å²) in [6, 6.07) is 1.68. The van der Waals surface area contributed by atoms with Crippen molar-refractivity contribution in [2.24, 2.45) is 5.92 Å². The fourth-order valence-electron chi connectivity index (χ4n) is 4.44. The highest BCUT2D eigenvalue weighted by Crippen LogP contribution is 2.35. The maximum Gasteiger partial charge on any atom is 0.0287 e. The summed E-state index contributed by atoms with van der Waals surface area (Å²) in [6.45, 7) is 1.30. The summed E-state index contributed by atoms with van der Waals surface area (Å²) in [5.74, 6) is 0.961. The van der Waals surface area contributed by atoms with Crippen molar-refractivity contribution in [3.05, 3.63) is 0 Å². The van der Waals surface area contributed by atoms with Gasteiger partial charge in [0.15, 0.2) is 0 Å². The number of nitrogens with one attached hydrogen (secondary N) is 1. The number of nitrogens with zero attached hydrogens (tertiary/aromatic N) is 1. The number of hydrogen-bond donors (Lipinski definition) is 1. The first-order valence-corrected chi connectivity index (χ1v) is 8.48. The van der Waals surface area contributed by atoms with Gasteiger partial charge in [-0.2, -0.15) is 0 Å². The molecule has 1 aliphatic carbocycles. The van der Waals surface area contributed by atoms with E-state index < -0.39 is 0 Å². The molecule has 2 heteroatoms. The lowest BCUT2D eigenvalue weighted by Crippen LogP contribution is -2.40. The third-order valence-electron chi connectivity index (χ3n) is 5.44. The molecular formula is C16H30N2. The third kappa shape index (κ3) is 2.91. The minimum Gasteiger partial charge on any atom is -0.252 e. The van der Waals surface area contributed by atoms with E-state index in [0.29, 0.717) is 0 Å². The SMILES string of the molecule is C1CCCC2C3CCCCCCC3NN2CCC1. The van der Waals surface area contributed by atoms with Crippen LogP contribution in [0.2, 0.25) is 0 Å². The molecule has 18 heavy (non-hydrogen) atoms. The van der Waals surface area contributed by atoms with Gasteiger partial charge < -0.3 is 0 Å². The van der Waals surface area contributed by atoms with Crippen LogP contribution in [0, 0.1) is 5.92 Å². The molecule has 0 aromatic rings. The van der Waals surface area contributed by atoms with E-state index in [0.717, 1.165) is 18.0 Å². The molecule has 1 N–H and O–H groups in total. The van der Waals surface area contributed by atoms with Gasteiger partial charge in [-0.1, -0.05) is 51.4 Å². The van der Waals surface area contributed by atoms with Gasteiger partial charge in [0.25, 0.3) is 0 Å². The Balaban J connectivity index is 1.68. The lowest BCUT2D eigenvalue weighted by atomic mass is 9.82. The van der Waals surface area contributed by atoms with E-state index >= 15 is 0 Å². The van der Waals surface area contributed by atoms with E-state index in [9.17, 15) is 0 Å². The zero-order valence-electron chi connectivity index (χ0n) is 11.9. The fourth-order valence-corrected chi connectivity index (χ4v) is 4.44. The minimum atomic E-state index is 0.815. The second kappa shape index (κ2) is 6.38. The van der Waals surface area contributed by atoms with Crippen LogP contribution < -0.4 is 5.43 Å². The van der Waals surface area contributed by atoms with Gasteiger partial charge in [0.05, 0.1) is 0 Å². The van der Waals surface area contributed by atoms with Crippen LogP contribution in [0.4, 0.5) is 0 Å². The lowest BCUT2D eigenvalue weighted by Gasteiger charge is -2.27. The van der Waals surface area contributed by atoms with Gasteiger partial charge in [-0.05, 0) is 31.6 Å². The van der Waals surface area contributed by atoms with Crippen LogP contribution in [-0.2, 0) is 0 Å². The highest BCUT2D eigenvalue weighted by Gasteiger charge is 2.40. The summed E-state index contributed by atoms with van der Waals surface area (Å²) in [6.07, 6.45) is 17.5. The van der Waals surface area contributed by atoms with Gasteiger partial charge in [-0.3, -0.25) is 5.43 Å². The molecule has 3 aliphatic rings. The highest BCUT2D eigenvalue weighted by molar-refractivity contribution is 4.93. The van der Waals surface area contributed by atoms with Gasteiger partial charge in [-0.15, -0.1) is 0 Å². The Morgan fingerprint density at radius 3 is 2.22 bits per heavy atom. The van der Waals surface area contributed by atoms with E-state index in [4.69, 9.17) is 0 Å². The first-order valence-electron chi connectivity index (χ1n) is 8.48. The summed E-state index contributed by atoms with van der Waals surface area (Å²) in [7, 11) is 0. The zero-order valence-corrected chi connectivity index (χ0v) is 11.9. The van der Waals surface area contributed by atoms with Gasteiger partial charge in [-0.25, -0.2) is 5.01 Å². The Bertz CT molecular complexity index is 253. The van der Waals surface area contributed by atoms with Crippen LogP contribution in [0.25, 0.3) is 0 Å². The molecule has 2 heterocycles. The minimum absolute atomic E-state index is 0.815. The second-order valence-corrected chi connectivity index (χ2v) is 6.71. The molecule has 3 rings (SSSR count). The Labute approximate surface area is 112 Å². The van der Waals surface area contributed by atoms with Gasteiger partial charge in [0, 0.05) is 18.6 Å². The van der Waals surface area contributed by atoms with Crippen LogP contribution in [0.5, 0.6) is 0 Å². The number of hydrogen-bond acceptors (Lipinski definition) is 2. The van der Waals surface area contributed by atoms with E-state index in [1.807, 2.05) is 0 Å². The van der Waals surface area contributed by atoms with Crippen LogP contribution >= 0.6 is 0 Å². The molecule has 104 valence electrons. The van der Waals surface area contributed by atoms with E-state index in [1.54, 1.807) is 0 Å². The molecule has 2 aliphatic heterocycles. The Hall–Kier alpha value is -0.0800. The van der Waals surface area contributed by atoms with E-state index in [1.165, 1.54) is 83.6 Å². The molecule has 3 atom stereocenters. The molecule has 0 bridgehead atoms. The molecule has 3 unspecified atom stereocenters. The van der Waals surface area contributed by atoms with Crippen molar-refractivity contribution >= 4 is 0 Å². The second-order valence-electron chi connectivity index (χ2n) is 6.71. The fraction of sp³-hybridized carbons (Fsp3) is 1.00. The Morgan fingerprint density at radius 2 is 1.33 bits per heavy atom. The molecule has 0 amide bonds. The maximum atomic E-state index is 3.89. The molecule has 1 saturated carbocycles. The predicted molar refractivity (Wildman–Crippen MR) is 76.3 cm³/mol. The molecule has 0 aromatic heterocycles. The average molecular weight is 250 g/mol. The third-order valence-corrected chi connectivity index (χ3v) is 5.44. The Morgan fingerprint density at radius 1 is 0.667 bits per heavy atom. The molecule has 2 nitrogen and oxygen atoms in total. The van der Waals surface area contributed by atoms with Crippen molar-refractivity contribution < 1.29 is 0 Å². The predicted octanol–water partition coefficient (Wildman–Crippen LogP) is 3.87. The monoisotopic (exact) mass is 250 g/mol. The van der Waals surface area contributed by atoms with Crippen LogP contribution in [0.3, 0.4) is 0 Å². The van der Waals surface area contributed by atoms with Gasteiger partial charge >= 0.3 is 0 Å². The molecule has 2 saturated heterocycles. The molecule has 0 aromatic carbocycles. The number of rotatable bonds is 0. The van der Waals surface area contributed by atoms with Crippen LogP contribution in [-0.4, -0.2) is 23.6 Å². The van der Waals surface area contributed by atoms with Crippen molar-refractivity contribution in [3.8, 4) is 0 Å². The highest BCUT2D eigenvalue weighted by atomic mass is 15.6. The standard InChI is InChI=1S/C16H30N2/c1-2-8-12-16-14-10-6-3-4-7-11-15(14)17-18(16)13-9-5-1/h14-17H,1-13H2. The van der Waals surface area contributed by atoms with E-state index in [2.05, 4.69) is 10.4 Å². The van der Waals surface area contributed by atoms with Crippen molar-refractivity contribution in [1.82, 2.24) is 10.4 Å². The molecule has 0 spiro atoms. The van der Waals surface area contributed by atoms with Crippen molar-refractivity contribution in [3.63, 3.8) is 0 Å². The van der Waals surface area contributed by atoms with Gasteiger partial charge in [0.1, 0.15) is 0 Å². The van der Waals surface area contributed by atoms with Crippen LogP contribution in [0.15, 0.2) is 0 Å². The topological polar surface area (TPSA) is 15.3 Å². The van der Waals surface area contributed by atoms with Gasteiger partial charge in [0.2, 0.25) is 0 Å². The lowest BCUT2D eigenvalue weighted by molar-refractivity contribution is 0.158. The molecular weight excluding hydrogens is 220 g/mol. The number of hydrazine groups is 1. The first kappa shape index (κ1) is 12.9. The summed E-state index contributed by atoms with van der Waals surface area (Å²) < 4.78 is 0. The van der Waals surface area contributed by atoms with Crippen molar-refractivity contribution in [2.75, 3.05) is 6.54 Å². The smallest absolute Gasteiger partial charge is 0.0287 e. The molecule has 0 radical (unpaired) electrons. The summed E-state index contributed by atoms with van der Waals surface area (Å²) >= 11 is 0. The van der Waals surface area contributed by atoms with E-state index in [-0.39, 0.29) is 0 Å². The maximum absolute atomic E-state index is 3.89. The normalized spacial score (nSPS) is 39.7. The summed E-state index contributed by atoms with van der Waals surface area (Å²) in [5.41, 5.74) is 3.89. The molecule has 3 fully saturated rings. The van der Waals surface area contributed by atoms with Crippen molar-refractivity contribution in [2.45, 2.75) is 89.1 Å².